The highest BCUT2D eigenvalue weighted by Gasteiger charge is 2.26. The average molecular weight is 226 g/mol. The maximum absolute atomic E-state index is 2.25. The van der Waals surface area contributed by atoms with Crippen LogP contribution in [0.25, 0.3) is 0 Å². The third-order valence-electron chi connectivity index (χ3n) is 2.78. The van der Waals surface area contributed by atoms with Gasteiger partial charge in [0.25, 0.3) is 0 Å². The van der Waals surface area contributed by atoms with E-state index in [1.807, 2.05) is 11.8 Å². The van der Waals surface area contributed by atoms with E-state index < -0.39 is 0 Å². The zero-order chi connectivity index (χ0) is 11.0. The fraction of sp³-hybridized carbons (Fsp3) is 0.0714. The van der Waals surface area contributed by atoms with E-state index in [2.05, 4.69) is 66.3 Å². The normalized spacial score (nSPS) is 17.7. The second-order valence-corrected chi connectivity index (χ2v) is 4.87. The lowest BCUT2D eigenvalue weighted by atomic mass is 10.2. The van der Waals surface area contributed by atoms with Gasteiger partial charge in [0.15, 0.2) is 0 Å². The molecule has 0 saturated heterocycles. The maximum atomic E-state index is 2.25. The summed E-state index contributed by atoms with van der Waals surface area (Å²) >= 11 is 1.84. The number of hydrogen-bond acceptors (Lipinski definition) is 1. The van der Waals surface area contributed by atoms with Crippen molar-refractivity contribution in [3.05, 3.63) is 59.6 Å². The van der Waals surface area contributed by atoms with Crippen LogP contribution < -0.4 is 0 Å². The highest BCUT2D eigenvalue weighted by Crippen LogP contribution is 2.39. The molecule has 0 saturated carbocycles. The van der Waals surface area contributed by atoms with Crippen LogP contribution in [0.2, 0.25) is 0 Å². The Morgan fingerprint density at radius 3 is 2.88 bits per heavy atom. The van der Waals surface area contributed by atoms with E-state index in [-0.39, 0.29) is 0 Å². The molecule has 0 N–H and O–H groups in total. The molecular formula is C14H12NS+. The first-order valence-electron chi connectivity index (χ1n) is 5.29. The lowest BCUT2D eigenvalue weighted by Crippen LogP contribution is -2.16. The van der Waals surface area contributed by atoms with Crippen molar-refractivity contribution in [2.24, 2.45) is 0 Å². The minimum Gasteiger partial charge on any atom is -0.193 e. The van der Waals surface area contributed by atoms with E-state index in [9.17, 15) is 0 Å². The van der Waals surface area contributed by atoms with Crippen molar-refractivity contribution in [2.75, 3.05) is 7.05 Å². The molecule has 0 aromatic heterocycles. The highest BCUT2D eigenvalue weighted by molar-refractivity contribution is 8.04. The maximum Gasteiger partial charge on any atom is 0.219 e. The molecule has 0 atom stereocenters. The van der Waals surface area contributed by atoms with Crippen molar-refractivity contribution >= 4 is 23.2 Å². The fourth-order valence-electron chi connectivity index (χ4n) is 1.95. The van der Waals surface area contributed by atoms with E-state index in [0.29, 0.717) is 0 Å². The predicted octanol–water partition coefficient (Wildman–Crippen LogP) is 3.52. The zero-order valence-corrected chi connectivity index (χ0v) is 9.87. The number of fused-ring (bicyclic) bond motifs is 2. The van der Waals surface area contributed by atoms with Gasteiger partial charge in [-0.3, -0.25) is 0 Å². The number of hydrogen-bond donors (Lipinski definition) is 0. The lowest BCUT2D eigenvalue weighted by molar-refractivity contribution is -0.406. The molecule has 0 spiro atoms. The third kappa shape index (κ3) is 1.46. The van der Waals surface area contributed by atoms with E-state index in [1.54, 1.807) is 0 Å². The Balaban J connectivity index is 2.26. The van der Waals surface area contributed by atoms with Gasteiger partial charge >= 0.3 is 0 Å². The standard InChI is InChI=1S/C14H12NS/c1-15-11-7-3-2-4-9-13(11)16-14-10-6-5-8-12(14)15/h2-10H,1H3/q+1. The largest absolute Gasteiger partial charge is 0.219 e. The molecule has 0 unspecified atom stereocenters. The molecule has 2 heteroatoms. The first-order chi connectivity index (χ1) is 7.86. The van der Waals surface area contributed by atoms with Gasteiger partial charge in [-0.1, -0.05) is 42.1 Å². The summed E-state index contributed by atoms with van der Waals surface area (Å²) < 4.78 is 2.25. The lowest BCUT2D eigenvalue weighted by Gasteiger charge is -2.14. The highest BCUT2D eigenvalue weighted by atomic mass is 32.2. The average Bonchev–Trinajstić information content (AvgIpc) is 2.55. The molecule has 1 heterocycles. The summed E-state index contributed by atoms with van der Waals surface area (Å²) in [6, 6.07) is 8.52. The second-order valence-electron chi connectivity index (χ2n) is 3.79. The van der Waals surface area contributed by atoms with Gasteiger partial charge in [-0.15, -0.1) is 0 Å². The number of rotatable bonds is 0. The van der Waals surface area contributed by atoms with Gasteiger partial charge in [0.05, 0.1) is 9.80 Å². The minimum absolute atomic E-state index is 1.27. The van der Waals surface area contributed by atoms with Crippen molar-refractivity contribution in [2.45, 2.75) is 4.90 Å². The second kappa shape index (κ2) is 3.80. The zero-order valence-electron chi connectivity index (χ0n) is 9.05. The molecule has 0 fully saturated rings. The molecule has 1 aliphatic carbocycles. The van der Waals surface area contributed by atoms with Crippen LogP contribution in [-0.4, -0.2) is 17.3 Å². The number of benzene rings is 1. The van der Waals surface area contributed by atoms with E-state index in [0.717, 1.165) is 0 Å². The van der Waals surface area contributed by atoms with E-state index in [4.69, 9.17) is 0 Å². The Kier molecular flexibility index (Phi) is 2.29. The Morgan fingerprint density at radius 1 is 1.06 bits per heavy atom. The molecule has 1 nitrogen and oxygen atoms in total. The number of allylic oxidation sites excluding steroid dienone is 6. The van der Waals surface area contributed by atoms with Crippen LogP contribution in [0, 0.1) is 0 Å². The molecule has 1 aliphatic heterocycles. The Bertz CT molecular complexity index is 562. The molecule has 2 aliphatic rings. The van der Waals surface area contributed by atoms with Gasteiger partial charge in [0.1, 0.15) is 7.05 Å². The molecular weight excluding hydrogens is 214 g/mol. The first-order valence-corrected chi connectivity index (χ1v) is 6.11. The quantitative estimate of drug-likeness (QED) is 0.612. The third-order valence-corrected chi connectivity index (χ3v) is 3.91. The topological polar surface area (TPSA) is 3.01 Å². The Hall–Kier alpha value is -1.54. The van der Waals surface area contributed by atoms with Crippen LogP contribution in [0.3, 0.4) is 0 Å². The molecule has 0 amide bonds. The van der Waals surface area contributed by atoms with Crippen LogP contribution in [-0.2, 0) is 0 Å². The minimum atomic E-state index is 1.27. The van der Waals surface area contributed by atoms with Crippen LogP contribution in [0.4, 0.5) is 5.69 Å². The summed E-state index contributed by atoms with van der Waals surface area (Å²) in [5.41, 5.74) is 2.56. The predicted molar refractivity (Wildman–Crippen MR) is 69.5 cm³/mol. The van der Waals surface area contributed by atoms with Gasteiger partial charge < -0.3 is 0 Å². The monoisotopic (exact) mass is 226 g/mol. The molecule has 16 heavy (non-hydrogen) atoms. The van der Waals surface area contributed by atoms with Crippen molar-refractivity contribution in [1.29, 1.82) is 0 Å². The van der Waals surface area contributed by atoms with Crippen LogP contribution in [0.15, 0.2) is 64.4 Å². The van der Waals surface area contributed by atoms with Crippen molar-refractivity contribution < 1.29 is 4.58 Å². The smallest absolute Gasteiger partial charge is 0.193 e. The van der Waals surface area contributed by atoms with Crippen LogP contribution >= 0.6 is 11.8 Å². The Labute approximate surface area is 99.5 Å². The summed E-state index contributed by atoms with van der Waals surface area (Å²) in [5, 5.41) is 0. The number of thioether (sulfide) groups is 1. The summed E-state index contributed by atoms with van der Waals surface area (Å²) in [4.78, 5) is 2.63. The van der Waals surface area contributed by atoms with Crippen LogP contribution in [0.1, 0.15) is 0 Å². The van der Waals surface area contributed by atoms with Gasteiger partial charge in [-0.05, 0) is 12.1 Å². The van der Waals surface area contributed by atoms with Gasteiger partial charge in [-0.25, -0.2) is 0 Å². The number of para-hydroxylation sites is 1. The first kappa shape index (κ1) is 9.67. The van der Waals surface area contributed by atoms with Crippen molar-refractivity contribution in [3.63, 3.8) is 0 Å². The van der Waals surface area contributed by atoms with Crippen molar-refractivity contribution in [1.82, 2.24) is 0 Å². The van der Waals surface area contributed by atoms with Crippen molar-refractivity contribution in [3.8, 4) is 0 Å². The number of nitrogens with zero attached hydrogens (tertiary/aromatic N) is 1. The molecule has 0 radical (unpaired) electrons. The van der Waals surface area contributed by atoms with Crippen LogP contribution in [0.5, 0.6) is 0 Å². The summed E-state index contributed by atoms with van der Waals surface area (Å²) in [6.07, 6.45) is 10.6. The fourth-order valence-corrected chi connectivity index (χ4v) is 3.10. The summed E-state index contributed by atoms with van der Waals surface area (Å²) in [5.74, 6) is 0. The van der Waals surface area contributed by atoms with E-state index in [1.165, 1.54) is 21.2 Å². The molecule has 3 rings (SSSR count). The van der Waals surface area contributed by atoms with Gasteiger partial charge in [0, 0.05) is 12.1 Å². The summed E-state index contributed by atoms with van der Waals surface area (Å²) in [7, 11) is 2.12. The molecule has 0 bridgehead atoms. The molecule has 78 valence electrons. The Morgan fingerprint density at radius 2 is 1.94 bits per heavy atom. The van der Waals surface area contributed by atoms with E-state index >= 15 is 0 Å². The van der Waals surface area contributed by atoms with Gasteiger partial charge in [0.2, 0.25) is 11.4 Å². The SMILES string of the molecule is C[N+]1=C2C=CC=CC=C2Sc2ccccc21. The molecule has 1 aromatic carbocycles. The summed E-state index contributed by atoms with van der Waals surface area (Å²) in [6.45, 7) is 0. The molecule has 1 aromatic rings. The van der Waals surface area contributed by atoms with Gasteiger partial charge in [-0.2, -0.15) is 4.58 Å².